The van der Waals surface area contributed by atoms with E-state index in [0.29, 0.717) is 10.2 Å². The number of rotatable bonds is 4. The number of hydrogen-bond donors (Lipinski definition) is 1. The van der Waals surface area contributed by atoms with Crippen LogP contribution in [0.3, 0.4) is 0 Å². The van der Waals surface area contributed by atoms with E-state index in [0.717, 1.165) is 21.4 Å². The molecule has 2 N–H and O–H groups in total. The average Bonchev–Trinajstić information content (AvgIpc) is 2.26. The second-order valence-electron chi connectivity index (χ2n) is 4.89. The summed E-state index contributed by atoms with van der Waals surface area (Å²) in [7, 11) is 0. The molecular weight excluding hydrogens is 319 g/mol. The minimum absolute atomic E-state index is 0.125. The summed E-state index contributed by atoms with van der Waals surface area (Å²) in [5, 5.41) is 2.06. The minimum atomic E-state index is -0.125. The van der Waals surface area contributed by atoms with Gasteiger partial charge in [0.15, 0.2) is 5.17 Å². The summed E-state index contributed by atoms with van der Waals surface area (Å²) in [6.07, 6.45) is 0. The third kappa shape index (κ3) is 7.35. The monoisotopic (exact) mass is 336 g/mol. The van der Waals surface area contributed by atoms with Crippen LogP contribution in [0.5, 0.6) is 0 Å². The summed E-state index contributed by atoms with van der Waals surface area (Å²) in [4.78, 5) is 5.39. The quantitative estimate of drug-likeness (QED) is 0.366. The molecule has 0 atom stereocenters. The van der Waals surface area contributed by atoms with E-state index in [4.69, 9.17) is 28.9 Å². The van der Waals surface area contributed by atoms with Crippen molar-refractivity contribution < 1.29 is 0 Å². The first-order chi connectivity index (χ1) is 8.78. The average molecular weight is 337 g/mol. The third-order valence-corrected chi connectivity index (χ3v) is 4.72. The summed E-state index contributed by atoms with van der Waals surface area (Å²) in [6, 6.07) is 5.48. The largest absolute Gasteiger partial charge is 0.379 e. The van der Waals surface area contributed by atoms with E-state index < -0.39 is 0 Å². The zero-order chi connectivity index (χ0) is 14.5. The zero-order valence-electron chi connectivity index (χ0n) is 11.2. The fourth-order valence-electron chi connectivity index (χ4n) is 1.25. The van der Waals surface area contributed by atoms with Crippen molar-refractivity contribution in [3.63, 3.8) is 0 Å². The van der Waals surface area contributed by atoms with Crippen LogP contribution >= 0.6 is 46.7 Å². The lowest BCUT2D eigenvalue weighted by Crippen LogP contribution is -2.18. The van der Waals surface area contributed by atoms with Gasteiger partial charge in [-0.1, -0.05) is 35.0 Å². The lowest BCUT2D eigenvalue weighted by Gasteiger charge is -2.13. The fraction of sp³-hybridized carbons (Fsp3) is 0.462. The fourth-order valence-corrected chi connectivity index (χ4v) is 3.62. The highest BCUT2D eigenvalue weighted by Gasteiger charge is 2.08. The lowest BCUT2D eigenvalue weighted by molar-refractivity contribution is 0.585. The Morgan fingerprint density at radius 1 is 1.26 bits per heavy atom. The summed E-state index contributed by atoms with van der Waals surface area (Å²) < 4.78 is 0. The van der Waals surface area contributed by atoms with Gasteiger partial charge in [-0.15, -0.1) is 11.8 Å². The third-order valence-electron chi connectivity index (χ3n) is 1.93. The zero-order valence-corrected chi connectivity index (χ0v) is 14.4. The highest BCUT2D eigenvalue weighted by Crippen LogP contribution is 2.30. The van der Waals surface area contributed by atoms with Crippen molar-refractivity contribution in [2.24, 2.45) is 10.7 Å². The van der Waals surface area contributed by atoms with E-state index in [9.17, 15) is 0 Å². The molecule has 0 aliphatic rings. The minimum Gasteiger partial charge on any atom is -0.379 e. The molecule has 0 spiro atoms. The molecule has 1 aromatic rings. The maximum absolute atomic E-state index is 6.09. The molecule has 0 aromatic heterocycles. The highest BCUT2D eigenvalue weighted by molar-refractivity contribution is 8.14. The van der Waals surface area contributed by atoms with Crippen LogP contribution < -0.4 is 5.73 Å². The Bertz CT molecular complexity index is 456. The van der Waals surface area contributed by atoms with Gasteiger partial charge in [-0.05, 0) is 39.0 Å². The number of benzene rings is 1. The van der Waals surface area contributed by atoms with Crippen LogP contribution in [0.4, 0.5) is 0 Å². The number of thioether (sulfide) groups is 2. The SMILES string of the molecule is CC(C)(C)N=C(N)SCCSc1cc(Cl)ccc1Cl. The maximum atomic E-state index is 6.09. The molecule has 6 heteroatoms. The summed E-state index contributed by atoms with van der Waals surface area (Å²) >= 11 is 15.3. The summed E-state index contributed by atoms with van der Waals surface area (Å²) in [6.45, 7) is 6.09. The molecule has 0 unspecified atom stereocenters. The van der Waals surface area contributed by atoms with Crippen molar-refractivity contribution in [1.29, 1.82) is 0 Å². The molecule has 0 heterocycles. The number of amidine groups is 1. The van der Waals surface area contributed by atoms with Gasteiger partial charge >= 0.3 is 0 Å². The highest BCUT2D eigenvalue weighted by atomic mass is 35.5. The molecule has 0 amide bonds. The first kappa shape index (κ1) is 17.0. The van der Waals surface area contributed by atoms with Gasteiger partial charge in [0, 0.05) is 21.4 Å². The van der Waals surface area contributed by atoms with Gasteiger partial charge in [-0.2, -0.15) is 0 Å². The molecule has 0 aliphatic carbocycles. The normalized spacial score (nSPS) is 12.8. The van der Waals surface area contributed by atoms with E-state index in [1.165, 1.54) is 0 Å². The Labute approximate surface area is 133 Å². The molecule has 106 valence electrons. The molecule has 19 heavy (non-hydrogen) atoms. The topological polar surface area (TPSA) is 38.4 Å². The predicted octanol–water partition coefficient (Wildman–Crippen LogP) is 4.93. The number of halogens is 2. The van der Waals surface area contributed by atoms with Gasteiger partial charge in [0.1, 0.15) is 0 Å². The Morgan fingerprint density at radius 2 is 1.95 bits per heavy atom. The van der Waals surface area contributed by atoms with Crippen LogP contribution in [0.1, 0.15) is 20.8 Å². The van der Waals surface area contributed by atoms with Crippen LogP contribution in [-0.2, 0) is 0 Å². The Balaban J connectivity index is 2.39. The smallest absolute Gasteiger partial charge is 0.154 e. The van der Waals surface area contributed by atoms with Gasteiger partial charge in [0.05, 0.1) is 10.6 Å². The molecule has 1 aromatic carbocycles. The summed E-state index contributed by atoms with van der Waals surface area (Å²) in [5.41, 5.74) is 5.73. The van der Waals surface area contributed by atoms with Gasteiger partial charge in [0.2, 0.25) is 0 Å². The molecule has 0 saturated heterocycles. The molecule has 1 rings (SSSR count). The molecule has 0 aliphatic heterocycles. The number of aliphatic imine (C=N–C) groups is 1. The number of nitrogens with zero attached hydrogens (tertiary/aromatic N) is 1. The first-order valence-corrected chi connectivity index (χ1v) is 8.56. The predicted molar refractivity (Wildman–Crippen MR) is 91.0 cm³/mol. The molecular formula is C13H18Cl2N2S2. The van der Waals surface area contributed by atoms with Crippen LogP contribution in [-0.4, -0.2) is 22.2 Å². The molecule has 2 nitrogen and oxygen atoms in total. The first-order valence-electron chi connectivity index (χ1n) is 5.84. The van der Waals surface area contributed by atoms with Crippen molar-refractivity contribution in [2.75, 3.05) is 11.5 Å². The van der Waals surface area contributed by atoms with Crippen molar-refractivity contribution in [2.45, 2.75) is 31.2 Å². The summed E-state index contributed by atoms with van der Waals surface area (Å²) in [5.74, 6) is 1.80. The van der Waals surface area contributed by atoms with E-state index >= 15 is 0 Å². The molecule has 0 fully saturated rings. The van der Waals surface area contributed by atoms with E-state index in [1.54, 1.807) is 29.6 Å². The van der Waals surface area contributed by atoms with Crippen LogP contribution in [0.15, 0.2) is 28.1 Å². The van der Waals surface area contributed by atoms with Crippen LogP contribution in [0.25, 0.3) is 0 Å². The van der Waals surface area contributed by atoms with E-state index in [-0.39, 0.29) is 5.54 Å². The van der Waals surface area contributed by atoms with Crippen molar-refractivity contribution in [1.82, 2.24) is 0 Å². The van der Waals surface area contributed by atoms with Crippen LogP contribution in [0.2, 0.25) is 10.0 Å². The molecule has 0 radical (unpaired) electrons. The van der Waals surface area contributed by atoms with Gasteiger partial charge in [0.25, 0.3) is 0 Å². The Kier molecular flexibility index (Phi) is 6.87. The van der Waals surface area contributed by atoms with Crippen molar-refractivity contribution >= 4 is 51.9 Å². The number of nitrogens with two attached hydrogens (primary N) is 1. The van der Waals surface area contributed by atoms with E-state index in [2.05, 4.69) is 4.99 Å². The lowest BCUT2D eigenvalue weighted by atomic mass is 10.1. The molecule has 0 saturated carbocycles. The Hall–Kier alpha value is -0.0300. The standard InChI is InChI=1S/C13H18Cl2N2S2/c1-13(2,3)17-12(16)19-7-6-18-11-8-9(14)4-5-10(11)15/h4-5,8H,6-7H2,1-3H3,(H2,16,17). The second-order valence-corrected chi connectivity index (χ2v) is 7.99. The van der Waals surface area contributed by atoms with Crippen molar-refractivity contribution in [3.8, 4) is 0 Å². The van der Waals surface area contributed by atoms with Gasteiger partial charge in [-0.25, -0.2) is 0 Å². The van der Waals surface area contributed by atoms with Crippen molar-refractivity contribution in [3.05, 3.63) is 28.2 Å². The van der Waals surface area contributed by atoms with E-state index in [1.807, 2.05) is 32.9 Å². The molecule has 0 bridgehead atoms. The van der Waals surface area contributed by atoms with Crippen LogP contribution in [0, 0.1) is 0 Å². The number of hydrogen-bond acceptors (Lipinski definition) is 3. The second kappa shape index (κ2) is 7.67. The van der Waals surface area contributed by atoms with Gasteiger partial charge in [-0.3, -0.25) is 4.99 Å². The van der Waals surface area contributed by atoms with Gasteiger partial charge < -0.3 is 5.73 Å². The Morgan fingerprint density at radius 3 is 2.58 bits per heavy atom. The maximum Gasteiger partial charge on any atom is 0.154 e.